The average Bonchev–Trinajstić information content (AvgIpc) is 2.76. The molecule has 0 radical (unpaired) electrons. The average molecular weight is 403 g/mol. The van der Waals surface area contributed by atoms with Crippen LogP contribution in [0.25, 0.3) is 10.9 Å². The molecule has 2 aromatic heterocycles. The second-order valence-corrected chi connectivity index (χ2v) is 7.56. The van der Waals surface area contributed by atoms with E-state index < -0.39 is 0 Å². The number of benzene rings is 1. The van der Waals surface area contributed by atoms with E-state index in [1.54, 1.807) is 23.8 Å². The zero-order valence-electron chi connectivity index (χ0n) is 17.0. The lowest BCUT2D eigenvalue weighted by molar-refractivity contribution is 0.491. The van der Waals surface area contributed by atoms with Crippen molar-refractivity contribution < 1.29 is 0 Å². The van der Waals surface area contributed by atoms with Crippen molar-refractivity contribution in [2.45, 2.75) is 38.9 Å². The SMILES string of the molecule is CC#CCn1c(N2CCC[C@@H](N)C2)cc(=O)n(Cc2ccnc3ccccc23)c1=O. The third-order valence-corrected chi connectivity index (χ3v) is 5.52. The minimum Gasteiger partial charge on any atom is -0.356 e. The molecule has 0 saturated carbocycles. The van der Waals surface area contributed by atoms with E-state index >= 15 is 0 Å². The topological polar surface area (TPSA) is 86.2 Å². The first-order valence-electron chi connectivity index (χ1n) is 10.2. The minimum atomic E-state index is -0.361. The Kier molecular flexibility index (Phi) is 5.68. The van der Waals surface area contributed by atoms with E-state index in [1.807, 2.05) is 35.2 Å². The number of aromatic nitrogens is 3. The van der Waals surface area contributed by atoms with Crippen LogP contribution >= 0.6 is 0 Å². The quantitative estimate of drug-likeness (QED) is 0.668. The van der Waals surface area contributed by atoms with Gasteiger partial charge in [0.25, 0.3) is 5.56 Å². The molecule has 1 aliphatic heterocycles. The fourth-order valence-corrected chi connectivity index (χ4v) is 4.00. The summed E-state index contributed by atoms with van der Waals surface area (Å²) < 4.78 is 2.85. The molecule has 7 heteroatoms. The molecule has 0 unspecified atom stereocenters. The van der Waals surface area contributed by atoms with Gasteiger partial charge in [0.05, 0.1) is 18.6 Å². The molecule has 2 N–H and O–H groups in total. The number of rotatable bonds is 4. The van der Waals surface area contributed by atoms with Crippen LogP contribution in [-0.4, -0.2) is 33.2 Å². The van der Waals surface area contributed by atoms with Crippen molar-refractivity contribution in [3.63, 3.8) is 0 Å². The third kappa shape index (κ3) is 3.87. The zero-order valence-corrected chi connectivity index (χ0v) is 17.0. The molecule has 0 amide bonds. The molecule has 1 aromatic carbocycles. The number of nitrogens with two attached hydrogens (primary N) is 1. The van der Waals surface area contributed by atoms with Crippen LogP contribution in [0.1, 0.15) is 25.3 Å². The van der Waals surface area contributed by atoms with Gasteiger partial charge in [-0.2, -0.15) is 0 Å². The number of para-hydroxylation sites is 1. The fraction of sp³-hybridized carbons (Fsp3) is 0.348. The molecule has 3 aromatic rings. The summed E-state index contributed by atoms with van der Waals surface area (Å²) in [6.45, 7) is 3.54. The Hall–Kier alpha value is -3.37. The molecule has 0 aliphatic carbocycles. The van der Waals surface area contributed by atoms with Crippen molar-refractivity contribution in [2.24, 2.45) is 5.73 Å². The molecule has 3 heterocycles. The van der Waals surface area contributed by atoms with Crippen molar-refractivity contribution in [1.29, 1.82) is 0 Å². The van der Waals surface area contributed by atoms with Crippen molar-refractivity contribution in [1.82, 2.24) is 14.1 Å². The summed E-state index contributed by atoms with van der Waals surface area (Å²) in [5.41, 5.74) is 7.15. The molecule has 1 aliphatic rings. The molecule has 30 heavy (non-hydrogen) atoms. The Morgan fingerprint density at radius 3 is 2.83 bits per heavy atom. The number of hydrogen-bond donors (Lipinski definition) is 1. The van der Waals surface area contributed by atoms with Crippen LogP contribution in [0.5, 0.6) is 0 Å². The summed E-state index contributed by atoms with van der Waals surface area (Å²) in [5.74, 6) is 6.40. The first-order chi connectivity index (χ1) is 14.6. The highest BCUT2D eigenvalue weighted by atomic mass is 16.2. The van der Waals surface area contributed by atoms with E-state index in [-0.39, 0.29) is 30.4 Å². The lowest BCUT2D eigenvalue weighted by Gasteiger charge is -2.33. The highest BCUT2D eigenvalue weighted by molar-refractivity contribution is 5.81. The molecule has 0 bridgehead atoms. The van der Waals surface area contributed by atoms with Crippen LogP contribution in [0.4, 0.5) is 5.82 Å². The largest absolute Gasteiger partial charge is 0.356 e. The maximum absolute atomic E-state index is 13.4. The second-order valence-electron chi connectivity index (χ2n) is 7.56. The Morgan fingerprint density at radius 2 is 2.03 bits per heavy atom. The van der Waals surface area contributed by atoms with Gasteiger partial charge in [-0.15, -0.1) is 5.92 Å². The summed E-state index contributed by atoms with van der Waals surface area (Å²) in [5, 5.41) is 0.928. The molecule has 1 saturated heterocycles. The van der Waals surface area contributed by atoms with Crippen LogP contribution < -0.4 is 21.9 Å². The van der Waals surface area contributed by atoms with Gasteiger partial charge in [-0.05, 0) is 37.5 Å². The monoisotopic (exact) mass is 403 g/mol. The number of pyridine rings is 1. The lowest BCUT2D eigenvalue weighted by Crippen LogP contribution is -2.48. The number of fused-ring (bicyclic) bond motifs is 1. The van der Waals surface area contributed by atoms with Gasteiger partial charge in [-0.25, -0.2) is 4.79 Å². The number of piperidine rings is 1. The Bertz CT molecular complexity index is 1240. The van der Waals surface area contributed by atoms with E-state index in [0.29, 0.717) is 12.4 Å². The van der Waals surface area contributed by atoms with Crippen molar-refractivity contribution >= 4 is 16.7 Å². The molecule has 1 atom stereocenters. The fourth-order valence-electron chi connectivity index (χ4n) is 4.00. The van der Waals surface area contributed by atoms with Crippen LogP contribution in [0.15, 0.2) is 52.2 Å². The summed E-state index contributed by atoms with van der Waals surface area (Å²) >= 11 is 0. The molecule has 154 valence electrons. The van der Waals surface area contributed by atoms with Gasteiger partial charge in [-0.3, -0.25) is 18.9 Å². The molecular formula is C23H25N5O2. The van der Waals surface area contributed by atoms with Crippen molar-refractivity contribution in [3.8, 4) is 11.8 Å². The first kappa shape index (κ1) is 19.9. The van der Waals surface area contributed by atoms with Gasteiger partial charge in [0.2, 0.25) is 0 Å². The Balaban J connectivity index is 1.81. The van der Waals surface area contributed by atoms with E-state index in [4.69, 9.17) is 5.73 Å². The smallest absolute Gasteiger partial charge is 0.333 e. The normalized spacial score (nSPS) is 16.3. The maximum Gasteiger partial charge on any atom is 0.333 e. The molecule has 4 rings (SSSR count). The predicted octanol–water partition coefficient (Wildman–Crippen LogP) is 1.56. The molecule has 7 nitrogen and oxygen atoms in total. The Labute approximate surface area is 174 Å². The molecule has 0 spiro atoms. The second kappa shape index (κ2) is 8.56. The van der Waals surface area contributed by atoms with Crippen LogP contribution in [0.3, 0.4) is 0 Å². The van der Waals surface area contributed by atoms with Crippen molar-refractivity contribution in [2.75, 3.05) is 18.0 Å². The van der Waals surface area contributed by atoms with Crippen molar-refractivity contribution in [3.05, 3.63) is 69.0 Å². The van der Waals surface area contributed by atoms with Crippen LogP contribution in [0.2, 0.25) is 0 Å². The van der Waals surface area contributed by atoms with Gasteiger partial charge >= 0.3 is 5.69 Å². The lowest BCUT2D eigenvalue weighted by atomic mass is 10.1. The highest BCUT2D eigenvalue weighted by Crippen LogP contribution is 2.19. The minimum absolute atomic E-state index is 0.0326. The van der Waals surface area contributed by atoms with E-state index in [1.165, 1.54) is 4.57 Å². The summed E-state index contributed by atoms with van der Waals surface area (Å²) in [6.07, 6.45) is 3.58. The number of anilines is 1. The predicted molar refractivity (Wildman–Crippen MR) is 119 cm³/mol. The van der Waals surface area contributed by atoms with Gasteiger partial charge in [0.1, 0.15) is 5.82 Å². The van der Waals surface area contributed by atoms with E-state index in [9.17, 15) is 9.59 Å². The third-order valence-electron chi connectivity index (χ3n) is 5.52. The van der Waals surface area contributed by atoms with Crippen LogP contribution in [0, 0.1) is 11.8 Å². The van der Waals surface area contributed by atoms with Crippen LogP contribution in [-0.2, 0) is 13.1 Å². The zero-order chi connectivity index (χ0) is 21.1. The van der Waals surface area contributed by atoms with E-state index in [0.717, 1.165) is 35.9 Å². The summed E-state index contributed by atoms with van der Waals surface area (Å²) in [4.78, 5) is 32.7. The molecule has 1 fully saturated rings. The van der Waals surface area contributed by atoms with Gasteiger partial charge in [0, 0.05) is 36.8 Å². The van der Waals surface area contributed by atoms with E-state index in [2.05, 4.69) is 16.8 Å². The highest BCUT2D eigenvalue weighted by Gasteiger charge is 2.22. The summed E-state index contributed by atoms with van der Waals surface area (Å²) in [7, 11) is 0. The molecular weight excluding hydrogens is 378 g/mol. The van der Waals surface area contributed by atoms with Gasteiger partial charge < -0.3 is 10.6 Å². The Morgan fingerprint density at radius 1 is 1.20 bits per heavy atom. The number of nitrogens with zero attached hydrogens (tertiary/aromatic N) is 4. The number of hydrogen-bond acceptors (Lipinski definition) is 5. The summed E-state index contributed by atoms with van der Waals surface area (Å²) in [6, 6.07) is 11.1. The maximum atomic E-state index is 13.4. The van der Waals surface area contributed by atoms with Gasteiger partial charge in [0.15, 0.2) is 0 Å². The van der Waals surface area contributed by atoms with Gasteiger partial charge in [-0.1, -0.05) is 24.1 Å². The first-order valence-corrected chi connectivity index (χ1v) is 10.2. The standard InChI is InChI=1S/C23H25N5O2/c1-2-3-13-27-21(26-12-6-7-18(24)16-26)14-22(29)28(23(27)30)15-17-10-11-25-20-9-5-4-8-19(17)20/h4-5,8-11,14,18H,6-7,12-13,15-16,24H2,1H3/t18-/m1/s1.